The van der Waals surface area contributed by atoms with E-state index >= 15 is 0 Å². The molecule has 0 atom stereocenters. The van der Waals surface area contributed by atoms with Crippen molar-refractivity contribution in [1.29, 1.82) is 0 Å². The molecule has 0 saturated carbocycles. The third-order valence-corrected chi connectivity index (χ3v) is 2.79. The number of benzene rings is 1. The van der Waals surface area contributed by atoms with Crippen molar-refractivity contribution < 1.29 is 13.6 Å². The summed E-state index contributed by atoms with van der Waals surface area (Å²) in [7, 11) is 0. The Bertz CT molecular complexity index is 585. The predicted octanol–water partition coefficient (Wildman–Crippen LogP) is 2.48. The van der Waals surface area contributed by atoms with Crippen LogP contribution in [0.15, 0.2) is 42.6 Å². The first-order chi connectivity index (χ1) is 10.2. The van der Waals surface area contributed by atoms with Crippen LogP contribution in [0, 0.1) is 11.6 Å². The number of nitrogens with one attached hydrogen (secondary N) is 2. The number of para-hydroxylation sites is 1. The number of halogens is 2. The fourth-order valence-corrected chi connectivity index (χ4v) is 1.74. The van der Waals surface area contributed by atoms with E-state index in [0.29, 0.717) is 13.1 Å². The number of hydrogen-bond acceptors (Lipinski definition) is 3. The first kappa shape index (κ1) is 15.1. The van der Waals surface area contributed by atoms with E-state index in [1.807, 2.05) is 18.2 Å². The van der Waals surface area contributed by atoms with Gasteiger partial charge in [0.1, 0.15) is 17.3 Å². The average molecular weight is 291 g/mol. The number of carbonyl (C=O) groups excluding carboxylic acids is 1. The topological polar surface area (TPSA) is 54.0 Å². The van der Waals surface area contributed by atoms with E-state index in [1.54, 1.807) is 6.20 Å². The molecule has 0 aliphatic rings. The number of hydrogen-bond donors (Lipinski definition) is 2. The number of anilines is 1. The molecule has 0 fully saturated rings. The zero-order valence-corrected chi connectivity index (χ0v) is 11.3. The number of pyridine rings is 1. The average Bonchev–Trinajstić information content (AvgIpc) is 2.49. The highest BCUT2D eigenvalue weighted by atomic mass is 19.1. The second kappa shape index (κ2) is 7.44. The molecule has 110 valence electrons. The molecule has 1 amide bonds. The van der Waals surface area contributed by atoms with Crippen molar-refractivity contribution in [3.63, 3.8) is 0 Å². The Morgan fingerprint density at radius 1 is 1.10 bits per heavy atom. The second-order valence-corrected chi connectivity index (χ2v) is 4.39. The highest BCUT2D eigenvalue weighted by Gasteiger charge is 2.11. The predicted molar refractivity (Wildman–Crippen MR) is 75.5 cm³/mol. The maximum absolute atomic E-state index is 13.3. The Morgan fingerprint density at radius 3 is 2.52 bits per heavy atom. The standard InChI is InChI=1S/C15H15F2N3O/c16-12-5-3-6-13(17)15(12)20-14(21)7-9-18-10-11-4-1-2-8-19-11/h1-6,8,18H,7,9-10H2,(H,20,21). The number of aromatic nitrogens is 1. The van der Waals surface area contributed by atoms with E-state index in [-0.39, 0.29) is 6.42 Å². The van der Waals surface area contributed by atoms with Crippen LogP contribution in [0.2, 0.25) is 0 Å². The molecule has 0 radical (unpaired) electrons. The van der Waals surface area contributed by atoms with Gasteiger partial charge in [-0.1, -0.05) is 12.1 Å². The summed E-state index contributed by atoms with van der Waals surface area (Å²) in [6, 6.07) is 8.99. The van der Waals surface area contributed by atoms with Gasteiger partial charge in [-0.25, -0.2) is 8.78 Å². The molecular formula is C15H15F2N3O. The molecule has 1 aromatic heterocycles. The van der Waals surface area contributed by atoms with Gasteiger partial charge in [-0.15, -0.1) is 0 Å². The molecule has 2 aromatic rings. The third-order valence-electron chi connectivity index (χ3n) is 2.79. The lowest BCUT2D eigenvalue weighted by atomic mass is 10.2. The lowest BCUT2D eigenvalue weighted by molar-refractivity contribution is -0.116. The number of nitrogens with zero attached hydrogens (tertiary/aromatic N) is 1. The molecule has 6 heteroatoms. The summed E-state index contributed by atoms with van der Waals surface area (Å²) in [4.78, 5) is 15.8. The van der Waals surface area contributed by atoms with Gasteiger partial charge in [-0.2, -0.15) is 0 Å². The summed E-state index contributed by atoms with van der Waals surface area (Å²) in [5, 5.41) is 5.27. The Balaban J connectivity index is 1.75. The molecular weight excluding hydrogens is 276 g/mol. The van der Waals surface area contributed by atoms with Crippen LogP contribution in [0.4, 0.5) is 14.5 Å². The Morgan fingerprint density at radius 2 is 1.86 bits per heavy atom. The number of carbonyl (C=O) groups is 1. The van der Waals surface area contributed by atoms with Gasteiger partial charge >= 0.3 is 0 Å². The van der Waals surface area contributed by atoms with E-state index < -0.39 is 23.2 Å². The highest BCUT2D eigenvalue weighted by Crippen LogP contribution is 2.17. The fourth-order valence-electron chi connectivity index (χ4n) is 1.74. The maximum atomic E-state index is 13.3. The van der Waals surface area contributed by atoms with Gasteiger partial charge in [0.05, 0.1) is 5.69 Å². The summed E-state index contributed by atoms with van der Waals surface area (Å²) in [6.45, 7) is 0.917. The minimum atomic E-state index is -0.787. The molecule has 0 aliphatic carbocycles. The third kappa shape index (κ3) is 4.61. The summed E-state index contributed by atoms with van der Waals surface area (Å²) in [6.07, 6.45) is 1.80. The van der Waals surface area contributed by atoms with E-state index in [0.717, 1.165) is 17.8 Å². The number of amides is 1. The van der Waals surface area contributed by atoms with Crippen LogP contribution in [0.25, 0.3) is 0 Å². The minimum Gasteiger partial charge on any atom is -0.321 e. The highest BCUT2D eigenvalue weighted by molar-refractivity contribution is 5.91. The van der Waals surface area contributed by atoms with E-state index in [4.69, 9.17) is 0 Å². The second-order valence-electron chi connectivity index (χ2n) is 4.39. The maximum Gasteiger partial charge on any atom is 0.225 e. The van der Waals surface area contributed by atoms with Crippen LogP contribution in [0.5, 0.6) is 0 Å². The first-order valence-corrected chi connectivity index (χ1v) is 6.51. The SMILES string of the molecule is O=C(CCNCc1ccccn1)Nc1c(F)cccc1F. The van der Waals surface area contributed by atoms with Crippen molar-refractivity contribution in [2.45, 2.75) is 13.0 Å². The van der Waals surface area contributed by atoms with Crippen molar-refractivity contribution in [2.24, 2.45) is 0 Å². The van der Waals surface area contributed by atoms with Gasteiger partial charge in [-0.3, -0.25) is 9.78 Å². The smallest absolute Gasteiger partial charge is 0.225 e. The van der Waals surface area contributed by atoms with Gasteiger partial charge in [0.25, 0.3) is 0 Å². The zero-order chi connectivity index (χ0) is 15.1. The molecule has 2 rings (SSSR count). The molecule has 0 aliphatic heterocycles. The van der Waals surface area contributed by atoms with Crippen LogP contribution in [0.3, 0.4) is 0 Å². The van der Waals surface area contributed by atoms with Crippen LogP contribution in [-0.2, 0) is 11.3 Å². The summed E-state index contributed by atoms with van der Waals surface area (Å²) < 4.78 is 26.7. The molecule has 1 aromatic carbocycles. The molecule has 1 heterocycles. The summed E-state index contributed by atoms with van der Waals surface area (Å²) >= 11 is 0. The lowest BCUT2D eigenvalue weighted by Crippen LogP contribution is -2.22. The lowest BCUT2D eigenvalue weighted by Gasteiger charge is -2.08. The molecule has 0 spiro atoms. The molecule has 0 unspecified atom stereocenters. The van der Waals surface area contributed by atoms with Crippen LogP contribution >= 0.6 is 0 Å². The monoisotopic (exact) mass is 291 g/mol. The fraction of sp³-hybridized carbons (Fsp3) is 0.200. The van der Waals surface area contributed by atoms with E-state index in [9.17, 15) is 13.6 Å². The van der Waals surface area contributed by atoms with Crippen molar-refractivity contribution in [1.82, 2.24) is 10.3 Å². The van der Waals surface area contributed by atoms with Crippen molar-refractivity contribution in [2.75, 3.05) is 11.9 Å². The molecule has 2 N–H and O–H groups in total. The Hall–Kier alpha value is -2.34. The minimum absolute atomic E-state index is 0.112. The van der Waals surface area contributed by atoms with E-state index in [2.05, 4.69) is 15.6 Å². The molecule has 21 heavy (non-hydrogen) atoms. The molecule has 0 bridgehead atoms. The van der Waals surface area contributed by atoms with Gasteiger partial charge in [0.2, 0.25) is 5.91 Å². The summed E-state index contributed by atoms with van der Waals surface area (Å²) in [5.41, 5.74) is 0.449. The van der Waals surface area contributed by atoms with Gasteiger partial charge in [0, 0.05) is 25.7 Å². The van der Waals surface area contributed by atoms with Crippen LogP contribution in [0.1, 0.15) is 12.1 Å². The van der Waals surface area contributed by atoms with Crippen molar-refractivity contribution >= 4 is 11.6 Å². The van der Waals surface area contributed by atoms with Gasteiger partial charge < -0.3 is 10.6 Å². The Labute approximate surface area is 121 Å². The normalized spacial score (nSPS) is 10.4. The molecule has 0 saturated heterocycles. The van der Waals surface area contributed by atoms with Crippen LogP contribution in [-0.4, -0.2) is 17.4 Å². The quantitative estimate of drug-likeness (QED) is 0.804. The van der Waals surface area contributed by atoms with E-state index in [1.165, 1.54) is 6.07 Å². The largest absolute Gasteiger partial charge is 0.321 e. The van der Waals surface area contributed by atoms with Gasteiger partial charge in [0.15, 0.2) is 0 Å². The van der Waals surface area contributed by atoms with Crippen LogP contribution < -0.4 is 10.6 Å². The zero-order valence-electron chi connectivity index (χ0n) is 11.3. The van der Waals surface area contributed by atoms with Crippen molar-refractivity contribution in [3.05, 3.63) is 59.9 Å². The van der Waals surface area contributed by atoms with Crippen molar-refractivity contribution in [3.8, 4) is 0 Å². The summed E-state index contributed by atoms with van der Waals surface area (Å²) in [5.74, 6) is -2.03. The molecule has 4 nitrogen and oxygen atoms in total. The van der Waals surface area contributed by atoms with Gasteiger partial charge in [-0.05, 0) is 24.3 Å². The number of rotatable bonds is 6. The Kier molecular flexibility index (Phi) is 5.34. The first-order valence-electron chi connectivity index (χ1n) is 6.51.